The van der Waals surface area contributed by atoms with Gasteiger partial charge in [-0.2, -0.15) is 8.42 Å². The highest BCUT2D eigenvalue weighted by molar-refractivity contribution is 7.80. The number of rotatable bonds is 36. The molecule has 0 saturated carbocycles. The van der Waals surface area contributed by atoms with Crippen molar-refractivity contribution in [3.05, 3.63) is 0 Å². The van der Waals surface area contributed by atoms with Crippen LogP contribution >= 0.6 is 0 Å². The average Bonchev–Trinajstić information content (AvgIpc) is 3.11. The first-order valence-electron chi connectivity index (χ1n) is 20.8. The van der Waals surface area contributed by atoms with Crippen molar-refractivity contribution in [2.75, 3.05) is 26.4 Å². The number of hydrogen-bond acceptors (Lipinski definition) is 11. The number of carbonyl (C=O) groups excluding carboxylic acids is 1. The van der Waals surface area contributed by atoms with Gasteiger partial charge in [-0.1, -0.05) is 162 Å². The molecule has 1 saturated heterocycles. The number of carbonyl (C=O) groups is 1. The van der Waals surface area contributed by atoms with Crippen LogP contribution in [0, 0.1) is 0 Å². The summed E-state index contributed by atoms with van der Waals surface area (Å²) in [5, 5.41) is 30.5. The van der Waals surface area contributed by atoms with E-state index >= 15 is 0 Å². The Kier molecular flexibility index (Phi) is 30.6. The number of aliphatic hydroxyl groups is 3. The van der Waals surface area contributed by atoms with E-state index in [1.165, 1.54) is 116 Å². The van der Waals surface area contributed by atoms with Crippen molar-refractivity contribution in [1.29, 1.82) is 0 Å². The predicted octanol–water partition coefficient (Wildman–Crippen LogP) is 7.74. The molecule has 1 aliphatic rings. The molecule has 0 aliphatic carbocycles. The Balaban J connectivity index is 2.46. The normalized spacial score (nSPS) is 21.4. The Morgan fingerprint density at radius 2 is 1.10 bits per heavy atom. The first-order valence-corrected chi connectivity index (χ1v) is 22.2. The second-order valence-electron chi connectivity index (χ2n) is 14.6. The fourth-order valence-corrected chi connectivity index (χ4v) is 7.06. The van der Waals surface area contributed by atoms with Gasteiger partial charge in [-0.05, 0) is 12.8 Å². The topological polar surface area (TPSA) is 178 Å². The van der Waals surface area contributed by atoms with Crippen molar-refractivity contribution >= 4 is 16.4 Å². The third-order valence-corrected chi connectivity index (χ3v) is 10.2. The smallest absolute Gasteiger partial charge is 0.397 e. The molecule has 1 aliphatic heterocycles. The standard InChI is InChI=1S/C39H76O12S/c1-3-5-7-9-11-13-15-16-17-19-21-23-25-27-29-47-31-33(49-35(41)28-26-24-22-20-18-14-12-10-8-6-4-2)32-48-39-37(43)38(51-52(44,45)46)36(42)34(30-40)50-39/h33-34,36-40,42-43H,3-32H2,1-2H3,(H,44,45,46)/t33-,34-,36+,37-,38+,39-/m1/s1. The third-order valence-electron chi connectivity index (χ3n) is 9.73. The highest BCUT2D eigenvalue weighted by Crippen LogP contribution is 2.26. The van der Waals surface area contributed by atoms with E-state index in [1.807, 2.05) is 0 Å². The molecule has 0 unspecified atom stereocenters. The van der Waals surface area contributed by atoms with Gasteiger partial charge in [-0.15, -0.1) is 0 Å². The van der Waals surface area contributed by atoms with Crippen LogP contribution in [0.2, 0.25) is 0 Å². The van der Waals surface area contributed by atoms with Crippen molar-refractivity contribution in [3.63, 3.8) is 0 Å². The van der Waals surface area contributed by atoms with E-state index in [-0.39, 0.29) is 19.6 Å². The van der Waals surface area contributed by atoms with Gasteiger partial charge in [0.15, 0.2) is 6.29 Å². The van der Waals surface area contributed by atoms with Crippen molar-refractivity contribution in [2.45, 2.75) is 218 Å². The van der Waals surface area contributed by atoms with E-state index < -0.39 is 59.8 Å². The largest absolute Gasteiger partial charge is 0.457 e. The molecular formula is C39H76O12S. The molecule has 1 fully saturated rings. The second-order valence-corrected chi connectivity index (χ2v) is 15.6. The fourth-order valence-electron chi connectivity index (χ4n) is 6.56. The average molecular weight is 769 g/mol. The lowest BCUT2D eigenvalue weighted by Crippen LogP contribution is -2.60. The summed E-state index contributed by atoms with van der Waals surface area (Å²) in [6.07, 6.45) is 21.4. The predicted molar refractivity (Wildman–Crippen MR) is 202 cm³/mol. The minimum absolute atomic E-state index is 0.0439. The Morgan fingerprint density at radius 1 is 0.654 bits per heavy atom. The number of aliphatic hydroxyl groups excluding tert-OH is 3. The summed E-state index contributed by atoms with van der Waals surface area (Å²) >= 11 is 0. The van der Waals surface area contributed by atoms with Crippen LogP contribution < -0.4 is 0 Å². The maximum absolute atomic E-state index is 12.8. The van der Waals surface area contributed by atoms with Crippen LogP contribution in [-0.2, 0) is 38.3 Å². The van der Waals surface area contributed by atoms with Gasteiger partial charge in [0.05, 0.1) is 19.8 Å². The molecule has 310 valence electrons. The Bertz CT molecular complexity index is 936. The van der Waals surface area contributed by atoms with E-state index in [0.717, 1.165) is 38.5 Å². The molecule has 6 atom stereocenters. The van der Waals surface area contributed by atoms with Crippen LogP contribution in [0.5, 0.6) is 0 Å². The van der Waals surface area contributed by atoms with Crippen molar-refractivity contribution in [2.24, 2.45) is 0 Å². The molecule has 0 spiro atoms. The monoisotopic (exact) mass is 769 g/mol. The summed E-state index contributed by atoms with van der Waals surface area (Å²) in [5.74, 6) is -0.397. The fraction of sp³-hybridized carbons (Fsp3) is 0.974. The summed E-state index contributed by atoms with van der Waals surface area (Å²) in [6, 6.07) is 0. The molecule has 0 aromatic heterocycles. The molecular weight excluding hydrogens is 692 g/mol. The van der Waals surface area contributed by atoms with Crippen molar-refractivity contribution < 1.29 is 56.2 Å². The van der Waals surface area contributed by atoms with Crippen LogP contribution in [0.1, 0.15) is 181 Å². The summed E-state index contributed by atoms with van der Waals surface area (Å²) in [7, 11) is -5.05. The lowest BCUT2D eigenvalue weighted by atomic mass is 9.99. The second kappa shape index (κ2) is 32.4. The van der Waals surface area contributed by atoms with Gasteiger partial charge in [0.25, 0.3) is 0 Å². The van der Waals surface area contributed by atoms with Gasteiger partial charge in [-0.25, -0.2) is 4.18 Å². The van der Waals surface area contributed by atoms with E-state index in [1.54, 1.807) is 0 Å². The molecule has 0 aromatic carbocycles. The molecule has 0 radical (unpaired) electrons. The van der Waals surface area contributed by atoms with Crippen molar-refractivity contribution in [1.82, 2.24) is 0 Å². The zero-order valence-corrected chi connectivity index (χ0v) is 33.5. The number of hydrogen-bond donors (Lipinski definition) is 4. The summed E-state index contributed by atoms with van der Waals surface area (Å²) < 4.78 is 58.8. The minimum atomic E-state index is -5.05. The third kappa shape index (κ3) is 26.0. The van der Waals surface area contributed by atoms with Gasteiger partial charge < -0.3 is 34.3 Å². The summed E-state index contributed by atoms with van der Waals surface area (Å²) in [6.45, 7) is 3.99. The van der Waals surface area contributed by atoms with E-state index in [0.29, 0.717) is 13.0 Å². The number of esters is 1. The lowest BCUT2D eigenvalue weighted by molar-refractivity contribution is -0.301. The van der Waals surface area contributed by atoms with Crippen LogP contribution in [0.15, 0.2) is 0 Å². The SMILES string of the molecule is CCCCCCCCCCCCCCCCOC[C@H](CO[C@@H]1O[C@H](CO)[C@H](O)[C@H](OS(=O)(=O)O)[C@H]1O)OC(=O)CCCCCCCCCCCCC. The van der Waals surface area contributed by atoms with E-state index in [4.69, 9.17) is 23.5 Å². The molecule has 4 N–H and O–H groups in total. The van der Waals surface area contributed by atoms with Gasteiger partial charge in [-0.3, -0.25) is 9.35 Å². The molecule has 0 aromatic rings. The van der Waals surface area contributed by atoms with E-state index in [9.17, 15) is 28.5 Å². The molecule has 1 rings (SSSR count). The van der Waals surface area contributed by atoms with Crippen LogP contribution in [0.3, 0.4) is 0 Å². The Labute approximate surface area is 316 Å². The highest BCUT2D eigenvalue weighted by Gasteiger charge is 2.48. The summed E-state index contributed by atoms with van der Waals surface area (Å²) in [4.78, 5) is 12.8. The lowest BCUT2D eigenvalue weighted by Gasteiger charge is -2.41. The molecule has 13 heteroatoms. The molecule has 0 amide bonds. The van der Waals surface area contributed by atoms with Crippen LogP contribution in [-0.4, -0.2) is 97.5 Å². The first-order chi connectivity index (χ1) is 25.1. The maximum Gasteiger partial charge on any atom is 0.397 e. The van der Waals surface area contributed by atoms with Crippen molar-refractivity contribution in [3.8, 4) is 0 Å². The van der Waals surface area contributed by atoms with Gasteiger partial charge in [0.1, 0.15) is 30.5 Å². The summed E-state index contributed by atoms with van der Waals surface area (Å²) in [5.41, 5.74) is 0. The van der Waals surface area contributed by atoms with Gasteiger partial charge in [0, 0.05) is 13.0 Å². The zero-order valence-electron chi connectivity index (χ0n) is 32.6. The van der Waals surface area contributed by atoms with Gasteiger partial charge in [0.2, 0.25) is 0 Å². The van der Waals surface area contributed by atoms with Gasteiger partial charge >= 0.3 is 16.4 Å². The Morgan fingerprint density at radius 3 is 1.54 bits per heavy atom. The number of ether oxygens (including phenoxy) is 4. The minimum Gasteiger partial charge on any atom is -0.457 e. The highest BCUT2D eigenvalue weighted by atomic mass is 32.3. The quantitative estimate of drug-likeness (QED) is 0.0277. The molecule has 12 nitrogen and oxygen atoms in total. The maximum atomic E-state index is 12.8. The number of unbranched alkanes of at least 4 members (excludes halogenated alkanes) is 23. The van der Waals surface area contributed by atoms with Crippen LogP contribution in [0.25, 0.3) is 0 Å². The van der Waals surface area contributed by atoms with E-state index in [2.05, 4.69) is 18.0 Å². The molecule has 0 bridgehead atoms. The molecule has 52 heavy (non-hydrogen) atoms. The zero-order chi connectivity index (χ0) is 38.3. The molecule has 1 heterocycles. The Hall–Kier alpha value is -0.900. The van der Waals surface area contributed by atoms with Crippen LogP contribution in [0.4, 0.5) is 0 Å². The first kappa shape index (κ1) is 49.1.